The molecule has 0 unspecified atom stereocenters. The Bertz CT molecular complexity index is 842. The molecule has 2 nitrogen and oxygen atoms in total. The minimum absolute atomic E-state index is 0.372. The zero-order chi connectivity index (χ0) is 20.4. The molecule has 0 bridgehead atoms. The van der Waals surface area contributed by atoms with Gasteiger partial charge in [0, 0.05) is 0 Å². The summed E-state index contributed by atoms with van der Waals surface area (Å²) >= 11 is -3.84. The molecule has 9 heteroatoms. The van der Waals surface area contributed by atoms with Crippen LogP contribution in [0.4, 0.5) is 26.3 Å². The predicted molar refractivity (Wildman–Crippen MR) is 86.0 cm³/mol. The average molecular weight is 479 g/mol. The fourth-order valence-corrected chi connectivity index (χ4v) is 6.40. The van der Waals surface area contributed by atoms with Crippen LogP contribution < -0.4 is 5.63 Å². The third kappa shape index (κ3) is 4.87. The van der Waals surface area contributed by atoms with Gasteiger partial charge in [0.05, 0.1) is 0 Å². The van der Waals surface area contributed by atoms with Crippen LogP contribution >= 0.6 is 0 Å². The fourth-order valence-electron chi connectivity index (χ4n) is 2.53. The summed E-state index contributed by atoms with van der Waals surface area (Å²) in [6, 6.07) is 9.19. The van der Waals surface area contributed by atoms with E-state index in [0.717, 1.165) is 24.3 Å². The van der Waals surface area contributed by atoms with E-state index in [1.165, 1.54) is 24.3 Å². The Labute approximate surface area is 166 Å². The van der Waals surface area contributed by atoms with Crippen LogP contribution in [0.5, 0.6) is 11.5 Å². The van der Waals surface area contributed by atoms with Gasteiger partial charge < -0.3 is 0 Å². The predicted octanol–water partition coefficient (Wildman–Crippen LogP) is 6.47. The van der Waals surface area contributed by atoms with E-state index in [4.69, 9.17) is 5.63 Å². The van der Waals surface area contributed by atoms with E-state index in [9.17, 15) is 26.3 Å². The van der Waals surface area contributed by atoms with Crippen LogP contribution in [0.1, 0.15) is 17.5 Å². The topological polar surface area (TPSA) is 18.5 Å². The molecule has 1 aliphatic rings. The third-order valence-corrected chi connectivity index (χ3v) is 8.02. The molecule has 0 heterocycles. The Morgan fingerprint density at radius 2 is 1.18 bits per heavy atom. The number of allylic oxidation sites excluding steroid dienone is 4. The van der Waals surface area contributed by atoms with Crippen LogP contribution in [0, 0.1) is 0 Å². The van der Waals surface area contributed by atoms with E-state index in [2.05, 4.69) is 0 Å². The zero-order valence-electron chi connectivity index (χ0n) is 14.1. The van der Waals surface area contributed by atoms with Crippen molar-refractivity contribution < 1.29 is 54.6 Å². The van der Waals surface area contributed by atoms with Crippen molar-refractivity contribution in [1.82, 2.24) is 0 Å². The van der Waals surface area contributed by atoms with Crippen LogP contribution in [0.2, 0.25) is 0 Å². The van der Waals surface area contributed by atoms with Crippen molar-refractivity contribution in [1.29, 1.82) is 0 Å². The van der Waals surface area contributed by atoms with Crippen molar-refractivity contribution in [2.45, 2.75) is 18.8 Å². The van der Waals surface area contributed by atoms with Crippen molar-refractivity contribution in [2.75, 3.05) is 0 Å². The molecule has 0 fully saturated rings. The van der Waals surface area contributed by atoms with Crippen molar-refractivity contribution in [3.63, 3.8) is 0 Å². The van der Waals surface area contributed by atoms with Gasteiger partial charge in [0.2, 0.25) is 0 Å². The summed E-state index contributed by atoms with van der Waals surface area (Å²) in [5.41, 5.74) is -1.99. The Kier molecular flexibility index (Phi) is 6.03. The number of hydrogen-bond donors (Lipinski definition) is 0. The van der Waals surface area contributed by atoms with Gasteiger partial charge in [-0.25, -0.2) is 0 Å². The molecule has 0 saturated heterocycles. The van der Waals surface area contributed by atoms with Crippen molar-refractivity contribution in [3.8, 4) is 11.5 Å². The first-order chi connectivity index (χ1) is 13.2. The summed E-state index contributed by atoms with van der Waals surface area (Å²) in [6.07, 6.45) is -3.89. The molecular weight excluding hydrogens is 465 g/mol. The zero-order valence-corrected chi connectivity index (χ0v) is 16.6. The summed E-state index contributed by atoms with van der Waals surface area (Å²) in [7, 11) is 0. The van der Waals surface area contributed by atoms with Gasteiger partial charge in [0.1, 0.15) is 0 Å². The van der Waals surface area contributed by atoms with Crippen LogP contribution in [0.15, 0.2) is 70.0 Å². The van der Waals surface area contributed by atoms with Gasteiger partial charge >= 0.3 is 166 Å². The Morgan fingerprint density at radius 1 is 0.714 bits per heavy atom. The van der Waals surface area contributed by atoms with Gasteiger partial charge in [-0.3, -0.25) is 0 Å². The monoisotopic (exact) mass is 477 g/mol. The van der Waals surface area contributed by atoms with E-state index in [1.54, 1.807) is 18.2 Å². The molecule has 0 saturated carbocycles. The van der Waals surface area contributed by atoms with Gasteiger partial charge in [0.25, 0.3) is 0 Å². The van der Waals surface area contributed by atoms with Crippen LogP contribution in [-0.2, 0) is 35.0 Å². The second-order valence-corrected chi connectivity index (χ2v) is 9.80. The summed E-state index contributed by atoms with van der Waals surface area (Å²) < 4.78 is 91.3. The Balaban J connectivity index is 1.96. The first-order valence-corrected chi connectivity index (χ1v) is 11.3. The SMILES string of the molecule is FC(F)(F)c1ccccc1[O][Zr]([O]c1ccccc1C(F)(F)F)[C]1=CC=CC1. The molecule has 0 N–H and O–H groups in total. The molecule has 2 aromatic carbocycles. The summed E-state index contributed by atoms with van der Waals surface area (Å²) in [5, 5.41) is 0. The summed E-state index contributed by atoms with van der Waals surface area (Å²) in [6.45, 7) is 0. The molecule has 0 spiro atoms. The normalized spacial score (nSPS) is 14.0. The molecule has 0 radical (unpaired) electrons. The summed E-state index contributed by atoms with van der Waals surface area (Å²) in [4.78, 5) is 0. The molecule has 0 atom stereocenters. The molecule has 2 aromatic rings. The molecular formula is C19H13F6O2Zr. The van der Waals surface area contributed by atoms with Gasteiger partial charge in [-0.05, 0) is 0 Å². The Morgan fingerprint density at radius 3 is 1.57 bits per heavy atom. The second-order valence-electron chi connectivity index (χ2n) is 5.80. The number of halogens is 6. The van der Waals surface area contributed by atoms with Crippen molar-refractivity contribution in [2.24, 2.45) is 0 Å². The number of alkyl halides is 6. The third-order valence-electron chi connectivity index (χ3n) is 3.82. The number of benzene rings is 2. The van der Waals surface area contributed by atoms with E-state index in [0.29, 0.717) is 9.70 Å². The van der Waals surface area contributed by atoms with Crippen molar-refractivity contribution >= 4 is 0 Å². The first-order valence-electron chi connectivity index (χ1n) is 8.07. The minimum atomic E-state index is -4.66. The maximum absolute atomic E-state index is 13.2. The number of rotatable bonds is 5. The van der Waals surface area contributed by atoms with E-state index in [-0.39, 0.29) is 0 Å². The maximum atomic E-state index is 13.2. The molecule has 1 aliphatic carbocycles. The van der Waals surface area contributed by atoms with Gasteiger partial charge in [-0.1, -0.05) is 0 Å². The second kappa shape index (κ2) is 8.15. The number of hydrogen-bond acceptors (Lipinski definition) is 2. The molecule has 0 aliphatic heterocycles. The van der Waals surface area contributed by atoms with Crippen molar-refractivity contribution in [3.05, 3.63) is 81.2 Å². The number of para-hydroxylation sites is 2. The molecule has 147 valence electrons. The summed E-state index contributed by atoms with van der Waals surface area (Å²) in [5.74, 6) is -0.886. The van der Waals surface area contributed by atoms with Crippen LogP contribution in [-0.4, -0.2) is 0 Å². The molecule has 3 rings (SSSR count). The van der Waals surface area contributed by atoms with Crippen LogP contribution in [0.25, 0.3) is 0 Å². The molecule has 28 heavy (non-hydrogen) atoms. The standard InChI is InChI=1S/2C7H5F3O.C5H5.Zr/c2*8-7(9,10)5-3-1-2-4-6(5)11;1-2-4-5-3-1;/h2*1-4,11H;1-3H,4H2;/q;;;+2/p-2. The molecule has 0 amide bonds. The first kappa shape index (κ1) is 20.7. The van der Waals surface area contributed by atoms with Gasteiger partial charge in [-0.2, -0.15) is 0 Å². The quantitative estimate of drug-likeness (QED) is 0.459. The van der Waals surface area contributed by atoms with E-state index >= 15 is 0 Å². The fraction of sp³-hybridized carbons (Fsp3) is 0.158. The van der Waals surface area contributed by atoms with Gasteiger partial charge in [0.15, 0.2) is 0 Å². The Hall–Kier alpha value is -2.02. The van der Waals surface area contributed by atoms with E-state index < -0.39 is 57.6 Å². The van der Waals surface area contributed by atoms with E-state index in [1.807, 2.05) is 0 Å². The van der Waals surface area contributed by atoms with Crippen LogP contribution in [0.3, 0.4) is 0 Å². The average Bonchev–Trinajstić information content (AvgIpc) is 3.15. The van der Waals surface area contributed by atoms with Gasteiger partial charge in [-0.15, -0.1) is 0 Å². The molecule has 0 aromatic heterocycles.